The lowest BCUT2D eigenvalue weighted by Gasteiger charge is -2.13. The summed E-state index contributed by atoms with van der Waals surface area (Å²) in [6, 6.07) is 8.80. The van der Waals surface area contributed by atoms with Crippen molar-refractivity contribution in [2.24, 2.45) is 0 Å². The van der Waals surface area contributed by atoms with Crippen molar-refractivity contribution in [3.8, 4) is 0 Å². The minimum Gasteiger partial charge on any atom is -0.394 e. The van der Waals surface area contributed by atoms with E-state index in [9.17, 15) is 0 Å². The Bertz CT molecular complexity index is 244. The quantitative estimate of drug-likeness (QED) is 0.807. The number of aryl methyl sites for hydroxylation is 2. The summed E-state index contributed by atoms with van der Waals surface area (Å²) in [6.45, 7) is 0.566. The van der Waals surface area contributed by atoms with Crippen LogP contribution in [0.15, 0.2) is 24.3 Å². The molecule has 1 aliphatic carbocycles. The Balaban J connectivity index is 0.000000195. The molecule has 0 unspecified atom stereocenters. The van der Waals surface area contributed by atoms with E-state index in [0.717, 1.165) is 0 Å². The van der Waals surface area contributed by atoms with Gasteiger partial charge >= 0.3 is 0 Å². The largest absolute Gasteiger partial charge is 0.394 e. The van der Waals surface area contributed by atoms with Gasteiger partial charge in [-0.1, -0.05) is 24.3 Å². The van der Waals surface area contributed by atoms with Gasteiger partial charge in [0.1, 0.15) is 0 Å². The first kappa shape index (κ1) is 12.2. The molecule has 15 heavy (non-hydrogen) atoms. The second-order valence-electron chi connectivity index (χ2n) is 3.69. The fourth-order valence-electron chi connectivity index (χ4n) is 1.77. The van der Waals surface area contributed by atoms with Gasteiger partial charge in [-0.2, -0.15) is 0 Å². The van der Waals surface area contributed by atoms with Crippen molar-refractivity contribution in [2.45, 2.75) is 25.7 Å². The highest BCUT2D eigenvalue weighted by Gasteiger charge is 2.05. The van der Waals surface area contributed by atoms with Crippen LogP contribution < -0.4 is 0 Å². The predicted octanol–water partition coefficient (Wildman–Crippen LogP) is 2.19. The van der Waals surface area contributed by atoms with Crippen molar-refractivity contribution in [1.29, 1.82) is 0 Å². The highest BCUT2D eigenvalue weighted by atomic mass is 16.5. The predicted molar refractivity (Wildman–Crippen MR) is 62.0 cm³/mol. The van der Waals surface area contributed by atoms with Gasteiger partial charge < -0.3 is 9.84 Å². The summed E-state index contributed by atoms with van der Waals surface area (Å²) >= 11 is 0. The zero-order valence-electron chi connectivity index (χ0n) is 9.41. The lowest BCUT2D eigenvalue weighted by molar-refractivity contribution is 0.135. The van der Waals surface area contributed by atoms with Crippen LogP contribution in [0, 0.1) is 0 Å². The lowest BCUT2D eigenvalue weighted by atomic mass is 9.92. The number of fused-ring (bicyclic) bond motifs is 1. The van der Waals surface area contributed by atoms with Gasteiger partial charge in [0.15, 0.2) is 0 Å². The Morgan fingerprint density at radius 3 is 2.00 bits per heavy atom. The Kier molecular flexibility index (Phi) is 6.05. The van der Waals surface area contributed by atoms with Crippen LogP contribution in [0.25, 0.3) is 0 Å². The summed E-state index contributed by atoms with van der Waals surface area (Å²) in [7, 11) is 1.55. The summed E-state index contributed by atoms with van der Waals surface area (Å²) in [5.74, 6) is 0. The standard InChI is InChI=1S/C10H12.C3H8O2/c1-2-6-10-8-4-3-7-9(10)5-1;1-5-3-2-4/h1-2,5-6H,3-4,7-8H2;4H,2-3H2,1H3. The zero-order valence-corrected chi connectivity index (χ0v) is 9.41. The number of hydrogen-bond acceptors (Lipinski definition) is 2. The maximum Gasteiger partial charge on any atom is 0.0693 e. The molecule has 0 aromatic heterocycles. The number of benzene rings is 1. The Morgan fingerprint density at radius 2 is 1.67 bits per heavy atom. The monoisotopic (exact) mass is 208 g/mol. The van der Waals surface area contributed by atoms with Gasteiger partial charge in [0.05, 0.1) is 13.2 Å². The number of aliphatic hydroxyl groups is 1. The molecule has 1 aromatic carbocycles. The number of ether oxygens (including phenoxy) is 1. The van der Waals surface area contributed by atoms with Crippen LogP contribution in [-0.4, -0.2) is 25.4 Å². The van der Waals surface area contributed by atoms with Gasteiger partial charge in [-0.25, -0.2) is 0 Å². The third-order valence-electron chi connectivity index (χ3n) is 2.56. The molecule has 1 N–H and O–H groups in total. The van der Waals surface area contributed by atoms with Crippen LogP contribution in [-0.2, 0) is 17.6 Å². The van der Waals surface area contributed by atoms with Gasteiger partial charge in [-0.3, -0.25) is 0 Å². The van der Waals surface area contributed by atoms with Gasteiger partial charge in [0.25, 0.3) is 0 Å². The van der Waals surface area contributed by atoms with Crippen molar-refractivity contribution in [3.63, 3.8) is 0 Å². The average molecular weight is 208 g/mol. The van der Waals surface area contributed by atoms with Gasteiger partial charge in [0.2, 0.25) is 0 Å². The fourth-order valence-corrected chi connectivity index (χ4v) is 1.77. The minimum atomic E-state index is 0.122. The van der Waals surface area contributed by atoms with Crippen molar-refractivity contribution < 1.29 is 9.84 Å². The van der Waals surface area contributed by atoms with E-state index >= 15 is 0 Å². The highest BCUT2D eigenvalue weighted by Crippen LogP contribution is 2.19. The maximum absolute atomic E-state index is 7.94. The van der Waals surface area contributed by atoms with Gasteiger partial charge in [-0.05, 0) is 36.8 Å². The molecule has 0 spiro atoms. The van der Waals surface area contributed by atoms with E-state index in [1.165, 1.54) is 25.7 Å². The smallest absolute Gasteiger partial charge is 0.0693 e. The van der Waals surface area contributed by atoms with E-state index in [0.29, 0.717) is 6.61 Å². The first-order chi connectivity index (χ1) is 7.38. The van der Waals surface area contributed by atoms with Crippen molar-refractivity contribution in [1.82, 2.24) is 0 Å². The summed E-state index contributed by atoms with van der Waals surface area (Å²) in [5, 5.41) is 7.94. The molecule has 1 aromatic rings. The average Bonchev–Trinajstić information content (AvgIpc) is 2.31. The molecule has 2 nitrogen and oxygen atoms in total. The van der Waals surface area contributed by atoms with E-state index in [1.807, 2.05) is 0 Å². The van der Waals surface area contributed by atoms with E-state index in [4.69, 9.17) is 5.11 Å². The van der Waals surface area contributed by atoms with Crippen LogP contribution in [0.5, 0.6) is 0 Å². The molecule has 0 heterocycles. The van der Waals surface area contributed by atoms with Gasteiger partial charge in [0, 0.05) is 7.11 Å². The lowest BCUT2D eigenvalue weighted by Crippen LogP contribution is -2.00. The van der Waals surface area contributed by atoms with Crippen LogP contribution in [0.4, 0.5) is 0 Å². The zero-order chi connectivity index (χ0) is 10.9. The molecule has 0 aliphatic heterocycles. The van der Waals surface area contributed by atoms with Crippen LogP contribution in [0.2, 0.25) is 0 Å². The molecule has 2 rings (SSSR count). The van der Waals surface area contributed by atoms with Crippen LogP contribution >= 0.6 is 0 Å². The third kappa shape index (κ3) is 4.45. The molecule has 0 bridgehead atoms. The van der Waals surface area contributed by atoms with Crippen molar-refractivity contribution >= 4 is 0 Å². The Hall–Kier alpha value is -0.860. The number of rotatable bonds is 2. The molecule has 0 saturated heterocycles. The summed E-state index contributed by atoms with van der Waals surface area (Å²) in [5.41, 5.74) is 3.16. The second kappa shape index (κ2) is 7.43. The van der Waals surface area contributed by atoms with E-state index in [-0.39, 0.29) is 6.61 Å². The van der Waals surface area contributed by atoms with E-state index in [2.05, 4.69) is 29.0 Å². The molecule has 0 amide bonds. The molecule has 0 fully saturated rings. The normalized spacial score (nSPS) is 13.7. The van der Waals surface area contributed by atoms with Gasteiger partial charge in [-0.15, -0.1) is 0 Å². The van der Waals surface area contributed by atoms with Crippen LogP contribution in [0.3, 0.4) is 0 Å². The SMILES string of the molecule is COCCO.c1ccc2c(c1)CCCC2. The summed E-state index contributed by atoms with van der Waals surface area (Å²) in [4.78, 5) is 0. The molecular formula is C13H20O2. The molecule has 0 radical (unpaired) electrons. The van der Waals surface area contributed by atoms with Crippen molar-refractivity contribution in [2.75, 3.05) is 20.3 Å². The Labute approximate surface area is 91.9 Å². The maximum atomic E-state index is 7.94. The third-order valence-corrected chi connectivity index (χ3v) is 2.56. The van der Waals surface area contributed by atoms with E-state index in [1.54, 1.807) is 18.2 Å². The Morgan fingerprint density at radius 1 is 1.13 bits per heavy atom. The molecule has 84 valence electrons. The fraction of sp³-hybridized carbons (Fsp3) is 0.538. The topological polar surface area (TPSA) is 29.5 Å². The second-order valence-corrected chi connectivity index (χ2v) is 3.69. The van der Waals surface area contributed by atoms with E-state index < -0.39 is 0 Å². The van der Waals surface area contributed by atoms with Crippen LogP contribution in [0.1, 0.15) is 24.0 Å². The molecule has 0 saturated carbocycles. The summed E-state index contributed by atoms with van der Waals surface area (Å²) < 4.78 is 4.44. The molecule has 1 aliphatic rings. The van der Waals surface area contributed by atoms with Crippen molar-refractivity contribution in [3.05, 3.63) is 35.4 Å². The first-order valence-corrected chi connectivity index (χ1v) is 5.55. The molecule has 2 heteroatoms. The molecule has 0 atom stereocenters. The highest BCUT2D eigenvalue weighted by molar-refractivity contribution is 5.28. The first-order valence-electron chi connectivity index (χ1n) is 5.55. The number of aliphatic hydroxyl groups excluding tert-OH is 1. The minimum absolute atomic E-state index is 0.122. The number of hydrogen-bond donors (Lipinski definition) is 1. The molecular weight excluding hydrogens is 188 g/mol. The summed E-state index contributed by atoms with van der Waals surface area (Å²) in [6.07, 6.45) is 5.38. The number of methoxy groups -OCH3 is 1.